The van der Waals surface area contributed by atoms with Crippen LogP contribution in [0.15, 0.2) is 46.9 Å². The van der Waals surface area contributed by atoms with E-state index in [1.54, 1.807) is 6.92 Å². The lowest BCUT2D eigenvalue weighted by atomic mass is 9.94. The van der Waals surface area contributed by atoms with E-state index in [0.29, 0.717) is 11.1 Å². The first-order chi connectivity index (χ1) is 9.84. The molecular weight excluding hydrogens is 345 g/mol. The van der Waals surface area contributed by atoms with Gasteiger partial charge >= 0.3 is 6.18 Å². The van der Waals surface area contributed by atoms with Crippen LogP contribution < -0.4 is 11.3 Å². The minimum Gasteiger partial charge on any atom is -0.271 e. The predicted molar refractivity (Wildman–Crippen MR) is 79.5 cm³/mol. The lowest BCUT2D eigenvalue weighted by Crippen LogP contribution is -2.29. The first kappa shape index (κ1) is 16.0. The van der Waals surface area contributed by atoms with Gasteiger partial charge in [0, 0.05) is 4.47 Å². The topological polar surface area (TPSA) is 38.0 Å². The Bertz CT molecular complexity index is 641. The second-order valence-electron chi connectivity index (χ2n) is 4.69. The molecular formula is C15H14BrF3N2. The van der Waals surface area contributed by atoms with Gasteiger partial charge in [-0.25, -0.2) is 5.43 Å². The third kappa shape index (κ3) is 3.45. The van der Waals surface area contributed by atoms with Gasteiger partial charge < -0.3 is 0 Å². The van der Waals surface area contributed by atoms with Crippen molar-refractivity contribution in [3.63, 3.8) is 0 Å². The summed E-state index contributed by atoms with van der Waals surface area (Å²) < 4.78 is 39.0. The van der Waals surface area contributed by atoms with Gasteiger partial charge in [-0.1, -0.05) is 40.2 Å². The average molecular weight is 359 g/mol. The van der Waals surface area contributed by atoms with Gasteiger partial charge in [0.2, 0.25) is 0 Å². The van der Waals surface area contributed by atoms with Gasteiger partial charge in [0.15, 0.2) is 0 Å². The molecule has 0 aliphatic heterocycles. The molecule has 0 fully saturated rings. The van der Waals surface area contributed by atoms with Crippen LogP contribution in [0.25, 0.3) is 0 Å². The van der Waals surface area contributed by atoms with Gasteiger partial charge in [-0.3, -0.25) is 5.84 Å². The summed E-state index contributed by atoms with van der Waals surface area (Å²) in [7, 11) is 0. The lowest BCUT2D eigenvalue weighted by molar-refractivity contribution is -0.137. The lowest BCUT2D eigenvalue weighted by Gasteiger charge is -2.21. The molecule has 0 bridgehead atoms. The van der Waals surface area contributed by atoms with Crippen molar-refractivity contribution in [2.24, 2.45) is 5.84 Å². The molecule has 0 radical (unpaired) electrons. The van der Waals surface area contributed by atoms with Crippen LogP contribution in [0.3, 0.4) is 0 Å². The van der Waals surface area contributed by atoms with Crippen molar-refractivity contribution in [3.05, 3.63) is 69.2 Å². The molecule has 0 aromatic heterocycles. The van der Waals surface area contributed by atoms with Crippen molar-refractivity contribution in [1.82, 2.24) is 5.43 Å². The van der Waals surface area contributed by atoms with E-state index in [1.807, 2.05) is 24.3 Å². The van der Waals surface area contributed by atoms with E-state index in [-0.39, 0.29) is 6.04 Å². The summed E-state index contributed by atoms with van der Waals surface area (Å²) in [5.41, 5.74) is 4.10. The van der Waals surface area contributed by atoms with Crippen molar-refractivity contribution < 1.29 is 13.2 Å². The Hall–Kier alpha value is -1.37. The van der Waals surface area contributed by atoms with Crippen molar-refractivity contribution in [3.8, 4) is 0 Å². The molecule has 0 saturated carbocycles. The molecule has 1 atom stereocenters. The summed E-state index contributed by atoms with van der Waals surface area (Å²) in [5, 5.41) is 0. The third-order valence-corrected chi connectivity index (χ3v) is 4.01. The Labute approximate surface area is 129 Å². The van der Waals surface area contributed by atoms with Gasteiger partial charge in [-0.2, -0.15) is 13.2 Å². The highest BCUT2D eigenvalue weighted by atomic mass is 79.9. The third-order valence-electron chi connectivity index (χ3n) is 3.29. The smallest absolute Gasteiger partial charge is 0.271 e. The molecule has 0 aliphatic rings. The standard InChI is InChI=1S/C15H14BrF3N2/c1-9-8-10(15(17,18)19)6-7-11(9)14(21-20)12-4-2-3-5-13(12)16/h2-8,14,21H,20H2,1H3. The van der Waals surface area contributed by atoms with E-state index in [9.17, 15) is 13.2 Å². The highest BCUT2D eigenvalue weighted by molar-refractivity contribution is 9.10. The van der Waals surface area contributed by atoms with Crippen LogP contribution in [0.5, 0.6) is 0 Å². The minimum atomic E-state index is -4.34. The SMILES string of the molecule is Cc1cc(C(F)(F)F)ccc1C(NN)c1ccccc1Br. The quantitative estimate of drug-likeness (QED) is 0.633. The Morgan fingerprint density at radius 1 is 1.10 bits per heavy atom. The number of nitrogens with one attached hydrogen (secondary N) is 1. The molecule has 0 spiro atoms. The van der Waals surface area contributed by atoms with E-state index in [4.69, 9.17) is 5.84 Å². The highest BCUT2D eigenvalue weighted by Gasteiger charge is 2.31. The van der Waals surface area contributed by atoms with Crippen molar-refractivity contribution in [2.75, 3.05) is 0 Å². The average Bonchev–Trinajstić information content (AvgIpc) is 2.42. The maximum absolute atomic E-state index is 12.7. The van der Waals surface area contributed by atoms with E-state index in [2.05, 4.69) is 21.4 Å². The summed E-state index contributed by atoms with van der Waals surface area (Å²) in [4.78, 5) is 0. The number of hydrazine groups is 1. The van der Waals surface area contributed by atoms with Crippen molar-refractivity contribution in [1.29, 1.82) is 0 Å². The number of nitrogens with two attached hydrogens (primary N) is 1. The summed E-state index contributed by atoms with van der Waals surface area (Å²) in [6, 6.07) is 10.7. The first-order valence-corrected chi connectivity index (χ1v) is 7.02. The summed E-state index contributed by atoms with van der Waals surface area (Å²) >= 11 is 3.43. The zero-order valence-electron chi connectivity index (χ0n) is 11.2. The number of rotatable bonds is 3. The predicted octanol–water partition coefficient (Wildman–Crippen LogP) is 4.33. The number of hydrogen-bond donors (Lipinski definition) is 2. The molecule has 2 aromatic carbocycles. The number of alkyl halides is 3. The Balaban J connectivity index is 2.47. The largest absolute Gasteiger partial charge is 0.416 e. The second-order valence-corrected chi connectivity index (χ2v) is 5.54. The zero-order valence-corrected chi connectivity index (χ0v) is 12.8. The summed E-state index contributed by atoms with van der Waals surface area (Å²) in [6.45, 7) is 1.64. The van der Waals surface area contributed by atoms with Crippen LogP contribution in [-0.4, -0.2) is 0 Å². The Morgan fingerprint density at radius 2 is 1.76 bits per heavy atom. The molecule has 3 N–H and O–H groups in total. The molecule has 6 heteroatoms. The number of aryl methyl sites for hydroxylation is 1. The van der Waals surface area contributed by atoms with Crippen molar-refractivity contribution >= 4 is 15.9 Å². The fourth-order valence-corrected chi connectivity index (χ4v) is 2.75. The van der Waals surface area contributed by atoms with Gasteiger partial charge in [0.25, 0.3) is 0 Å². The van der Waals surface area contributed by atoms with E-state index in [0.717, 1.165) is 22.2 Å². The van der Waals surface area contributed by atoms with Gasteiger partial charge in [0.1, 0.15) is 0 Å². The number of benzene rings is 2. The fourth-order valence-electron chi connectivity index (χ4n) is 2.23. The zero-order chi connectivity index (χ0) is 15.6. The van der Waals surface area contributed by atoms with Crippen LogP contribution >= 0.6 is 15.9 Å². The molecule has 21 heavy (non-hydrogen) atoms. The molecule has 0 amide bonds. The van der Waals surface area contributed by atoms with Gasteiger partial charge in [-0.15, -0.1) is 0 Å². The van der Waals surface area contributed by atoms with Gasteiger partial charge in [0.05, 0.1) is 11.6 Å². The molecule has 0 heterocycles. The summed E-state index contributed by atoms with van der Waals surface area (Å²) in [6.07, 6.45) is -4.34. The molecule has 2 nitrogen and oxygen atoms in total. The summed E-state index contributed by atoms with van der Waals surface area (Å²) in [5.74, 6) is 5.61. The van der Waals surface area contributed by atoms with Crippen LogP contribution in [0.4, 0.5) is 13.2 Å². The minimum absolute atomic E-state index is 0.386. The van der Waals surface area contributed by atoms with E-state index in [1.165, 1.54) is 6.07 Å². The maximum atomic E-state index is 12.7. The van der Waals surface area contributed by atoms with E-state index < -0.39 is 11.7 Å². The van der Waals surface area contributed by atoms with E-state index >= 15 is 0 Å². The van der Waals surface area contributed by atoms with Gasteiger partial charge in [-0.05, 0) is 41.8 Å². The molecule has 0 saturated heterocycles. The molecule has 2 rings (SSSR count). The second kappa shape index (κ2) is 6.17. The van der Waals surface area contributed by atoms with Crippen LogP contribution in [0.2, 0.25) is 0 Å². The molecule has 1 unspecified atom stereocenters. The van der Waals surface area contributed by atoms with Crippen LogP contribution in [-0.2, 0) is 6.18 Å². The Morgan fingerprint density at radius 3 is 2.29 bits per heavy atom. The molecule has 112 valence electrons. The van der Waals surface area contributed by atoms with Crippen LogP contribution in [0.1, 0.15) is 28.3 Å². The molecule has 2 aromatic rings. The fraction of sp³-hybridized carbons (Fsp3) is 0.200. The normalized spacial score (nSPS) is 13.2. The number of hydrogen-bond acceptors (Lipinski definition) is 2. The Kier molecular flexibility index (Phi) is 4.70. The van der Waals surface area contributed by atoms with Crippen molar-refractivity contribution in [2.45, 2.75) is 19.1 Å². The highest BCUT2D eigenvalue weighted by Crippen LogP contribution is 2.34. The first-order valence-electron chi connectivity index (χ1n) is 6.23. The molecule has 0 aliphatic carbocycles. The number of halogens is 4. The van der Waals surface area contributed by atoms with Crippen LogP contribution in [0, 0.1) is 6.92 Å². The maximum Gasteiger partial charge on any atom is 0.416 e. The monoisotopic (exact) mass is 358 g/mol.